The number of anilines is 1. The van der Waals surface area contributed by atoms with Crippen molar-refractivity contribution in [1.29, 1.82) is 0 Å². The van der Waals surface area contributed by atoms with Gasteiger partial charge in [0.15, 0.2) is 5.82 Å². The molecule has 168 valence electrons. The summed E-state index contributed by atoms with van der Waals surface area (Å²) < 4.78 is 2.37. The van der Waals surface area contributed by atoms with Crippen LogP contribution in [0, 0.1) is 0 Å². The number of rotatable bonds is 12. The molecule has 0 saturated carbocycles. The molecule has 4 aromatic rings. The van der Waals surface area contributed by atoms with Crippen molar-refractivity contribution in [2.45, 2.75) is 77.7 Å². The van der Waals surface area contributed by atoms with Crippen molar-refractivity contribution >= 4 is 27.8 Å². The van der Waals surface area contributed by atoms with Gasteiger partial charge in [-0.1, -0.05) is 107 Å². The highest BCUT2D eigenvalue weighted by Gasteiger charge is 2.17. The summed E-state index contributed by atoms with van der Waals surface area (Å²) in [4.78, 5) is 9.62. The summed E-state index contributed by atoms with van der Waals surface area (Å²) in [6, 6.07) is 18.9. The molecule has 0 fully saturated rings. The van der Waals surface area contributed by atoms with Gasteiger partial charge in [0.1, 0.15) is 11.3 Å². The average molecular weight is 429 g/mol. The van der Waals surface area contributed by atoms with E-state index in [1.54, 1.807) is 0 Å². The fourth-order valence-corrected chi connectivity index (χ4v) is 4.63. The van der Waals surface area contributed by atoms with Gasteiger partial charge in [0.05, 0.1) is 11.0 Å². The number of nitrogens with two attached hydrogens (primary N) is 1. The van der Waals surface area contributed by atoms with E-state index in [-0.39, 0.29) is 0 Å². The fourth-order valence-electron chi connectivity index (χ4n) is 4.63. The van der Waals surface area contributed by atoms with Crippen LogP contribution in [-0.4, -0.2) is 14.5 Å². The van der Waals surface area contributed by atoms with Gasteiger partial charge in [-0.05, 0) is 18.1 Å². The van der Waals surface area contributed by atoms with Crippen LogP contribution >= 0.6 is 0 Å². The molecule has 0 spiro atoms. The smallest absolute Gasteiger partial charge is 0.152 e. The van der Waals surface area contributed by atoms with Crippen molar-refractivity contribution in [2.75, 3.05) is 5.73 Å². The molecule has 2 heterocycles. The molecule has 2 N–H and O–H groups in total. The minimum Gasteiger partial charge on any atom is -0.382 e. The Hall–Kier alpha value is -2.88. The Morgan fingerprint density at radius 2 is 1.41 bits per heavy atom. The van der Waals surface area contributed by atoms with E-state index in [2.05, 4.69) is 58.9 Å². The number of hydrogen-bond acceptors (Lipinski definition) is 3. The maximum atomic E-state index is 6.36. The normalized spacial score (nSPS) is 11.5. The molecule has 0 aliphatic heterocycles. The quantitative estimate of drug-likeness (QED) is 0.241. The lowest BCUT2D eigenvalue weighted by Crippen LogP contribution is -2.06. The first kappa shape index (κ1) is 22.3. The van der Waals surface area contributed by atoms with Crippen LogP contribution < -0.4 is 5.73 Å². The van der Waals surface area contributed by atoms with Crippen LogP contribution in [0.1, 0.15) is 76.1 Å². The average Bonchev–Trinajstić information content (AvgIpc) is 3.18. The Morgan fingerprint density at radius 1 is 0.750 bits per heavy atom. The lowest BCUT2D eigenvalue weighted by atomic mass is 10.1. The third kappa shape index (κ3) is 5.29. The van der Waals surface area contributed by atoms with Crippen molar-refractivity contribution in [3.8, 4) is 0 Å². The molecule has 32 heavy (non-hydrogen) atoms. The van der Waals surface area contributed by atoms with E-state index >= 15 is 0 Å². The molecule has 0 saturated heterocycles. The Bertz CT molecular complexity index is 1130. The lowest BCUT2D eigenvalue weighted by Gasteiger charge is -2.11. The van der Waals surface area contributed by atoms with Gasteiger partial charge in [-0.3, -0.25) is 0 Å². The highest BCUT2D eigenvalue weighted by molar-refractivity contribution is 6.06. The molecule has 0 amide bonds. The van der Waals surface area contributed by atoms with E-state index in [4.69, 9.17) is 10.7 Å². The summed E-state index contributed by atoms with van der Waals surface area (Å²) in [6.45, 7) is 3.08. The Labute approximate surface area is 191 Å². The Balaban J connectivity index is 1.53. The van der Waals surface area contributed by atoms with E-state index in [1.165, 1.54) is 63.4 Å². The van der Waals surface area contributed by atoms with Crippen molar-refractivity contribution in [3.63, 3.8) is 0 Å². The van der Waals surface area contributed by atoms with Gasteiger partial charge in [0, 0.05) is 18.4 Å². The number of nitrogens with zero attached hydrogens (tertiary/aromatic N) is 3. The van der Waals surface area contributed by atoms with Crippen LogP contribution in [0.5, 0.6) is 0 Å². The number of pyridine rings is 1. The number of fused-ring (bicyclic) bond motifs is 3. The van der Waals surface area contributed by atoms with Crippen LogP contribution in [0.25, 0.3) is 21.9 Å². The molecule has 4 heteroatoms. The minimum atomic E-state index is 0.527. The maximum absolute atomic E-state index is 6.36. The summed E-state index contributed by atoms with van der Waals surface area (Å²) in [7, 11) is 0. The number of hydrogen-bond donors (Lipinski definition) is 1. The number of para-hydroxylation sites is 1. The predicted octanol–water partition coefficient (Wildman–Crippen LogP) is 7.29. The van der Waals surface area contributed by atoms with Gasteiger partial charge in [-0.2, -0.15) is 0 Å². The monoisotopic (exact) mass is 428 g/mol. The van der Waals surface area contributed by atoms with Gasteiger partial charge < -0.3 is 10.3 Å². The first-order valence-electron chi connectivity index (χ1n) is 12.3. The molecule has 0 bridgehead atoms. The minimum absolute atomic E-state index is 0.527. The molecule has 4 rings (SSSR count). The molecular formula is C28H36N4. The van der Waals surface area contributed by atoms with Gasteiger partial charge in [-0.15, -0.1) is 0 Å². The largest absolute Gasteiger partial charge is 0.382 e. The van der Waals surface area contributed by atoms with Crippen molar-refractivity contribution < 1.29 is 0 Å². The van der Waals surface area contributed by atoms with Crippen LogP contribution in [0.3, 0.4) is 0 Å². The van der Waals surface area contributed by atoms with Crippen molar-refractivity contribution in [2.24, 2.45) is 0 Å². The second-order valence-electron chi connectivity index (χ2n) is 8.89. The van der Waals surface area contributed by atoms with E-state index in [9.17, 15) is 0 Å². The molecule has 2 aromatic carbocycles. The summed E-state index contributed by atoms with van der Waals surface area (Å²) in [5.41, 5.74) is 10.5. The van der Waals surface area contributed by atoms with Crippen LogP contribution in [-0.2, 0) is 13.0 Å². The molecule has 0 atom stereocenters. The highest BCUT2D eigenvalue weighted by Crippen LogP contribution is 2.30. The molecule has 0 aliphatic rings. The molecular weight excluding hydrogens is 392 g/mol. The van der Waals surface area contributed by atoms with E-state index < -0.39 is 0 Å². The number of aryl methyl sites for hydroxylation is 1. The lowest BCUT2D eigenvalue weighted by molar-refractivity contribution is 0.559. The Morgan fingerprint density at radius 3 is 2.16 bits per heavy atom. The zero-order valence-electron chi connectivity index (χ0n) is 19.4. The van der Waals surface area contributed by atoms with Crippen molar-refractivity contribution in [1.82, 2.24) is 14.5 Å². The molecule has 0 unspecified atom stereocenters. The predicted molar refractivity (Wildman–Crippen MR) is 136 cm³/mol. The topological polar surface area (TPSA) is 56.7 Å². The molecule has 0 radical (unpaired) electrons. The number of aromatic nitrogens is 3. The zero-order chi connectivity index (χ0) is 22.2. The molecule has 2 aromatic heterocycles. The summed E-state index contributed by atoms with van der Waals surface area (Å²) in [6.07, 6.45) is 12.9. The third-order valence-electron chi connectivity index (χ3n) is 6.38. The first-order valence-corrected chi connectivity index (χ1v) is 12.3. The molecule has 0 aliphatic carbocycles. The fraction of sp³-hybridized carbons (Fsp3) is 0.429. The highest BCUT2D eigenvalue weighted by atomic mass is 15.1. The zero-order valence-corrected chi connectivity index (χ0v) is 19.4. The second kappa shape index (κ2) is 11.1. The van der Waals surface area contributed by atoms with Crippen molar-refractivity contribution in [3.05, 3.63) is 66.0 Å². The standard InChI is InChI=1S/C28H36N4/c1-2-3-4-5-6-7-8-9-13-20-25-31-26-27(32(25)21-22-16-11-10-12-17-22)23-18-14-15-19-24(23)30-28(26)29/h10-12,14-19H,2-9,13,20-21H2,1H3,(H2,29,30). The van der Waals surface area contributed by atoms with E-state index in [0.29, 0.717) is 5.82 Å². The van der Waals surface area contributed by atoms with Crippen LogP contribution in [0.2, 0.25) is 0 Å². The van der Waals surface area contributed by atoms with Crippen LogP contribution in [0.15, 0.2) is 54.6 Å². The van der Waals surface area contributed by atoms with E-state index in [0.717, 1.165) is 40.7 Å². The van der Waals surface area contributed by atoms with Crippen LogP contribution in [0.4, 0.5) is 5.82 Å². The maximum Gasteiger partial charge on any atom is 0.152 e. The summed E-state index contributed by atoms with van der Waals surface area (Å²) in [5, 5.41) is 1.12. The summed E-state index contributed by atoms with van der Waals surface area (Å²) in [5.74, 6) is 1.65. The van der Waals surface area contributed by atoms with Gasteiger partial charge in [-0.25, -0.2) is 9.97 Å². The van der Waals surface area contributed by atoms with Gasteiger partial charge in [0.25, 0.3) is 0 Å². The number of unbranched alkanes of at least 4 members (excludes halogenated alkanes) is 8. The number of benzene rings is 2. The second-order valence-corrected chi connectivity index (χ2v) is 8.89. The number of imidazole rings is 1. The number of nitrogen functional groups attached to an aromatic ring is 1. The van der Waals surface area contributed by atoms with Gasteiger partial charge >= 0.3 is 0 Å². The third-order valence-corrected chi connectivity index (χ3v) is 6.38. The SMILES string of the molecule is CCCCCCCCCCCc1nc2c(N)nc3ccccc3c2n1Cc1ccccc1. The van der Waals surface area contributed by atoms with E-state index in [1.807, 2.05) is 12.1 Å². The summed E-state index contributed by atoms with van der Waals surface area (Å²) >= 11 is 0. The Kier molecular flexibility index (Phi) is 7.76. The molecule has 4 nitrogen and oxygen atoms in total. The first-order chi connectivity index (χ1) is 15.8. The van der Waals surface area contributed by atoms with Gasteiger partial charge in [0.2, 0.25) is 0 Å².